The van der Waals surface area contributed by atoms with Gasteiger partial charge in [0.25, 0.3) is 0 Å². The number of nitrogens with one attached hydrogen (secondary N) is 1. The fourth-order valence-corrected chi connectivity index (χ4v) is 3.02. The van der Waals surface area contributed by atoms with Gasteiger partial charge in [-0.15, -0.1) is 11.8 Å². The zero-order chi connectivity index (χ0) is 14.4. The summed E-state index contributed by atoms with van der Waals surface area (Å²) in [4.78, 5) is 1.17. The SMILES string of the molecule is NNC(CSc1ccc(Br)cc1)Cc1ccccc1F. The van der Waals surface area contributed by atoms with Gasteiger partial charge in [0.2, 0.25) is 0 Å². The summed E-state index contributed by atoms with van der Waals surface area (Å²) in [5.74, 6) is 6.17. The third kappa shape index (κ3) is 4.59. The maximum Gasteiger partial charge on any atom is 0.126 e. The first kappa shape index (κ1) is 15.5. The Morgan fingerprint density at radius 3 is 2.50 bits per heavy atom. The standard InChI is InChI=1S/C15H16BrFN2S/c16-12-5-7-14(8-6-12)20-10-13(19-18)9-11-3-1-2-4-15(11)17/h1-8,13,19H,9-10,18H2. The molecule has 2 aromatic rings. The second-order valence-corrected chi connectivity index (χ2v) is 6.43. The van der Waals surface area contributed by atoms with Gasteiger partial charge in [-0.3, -0.25) is 11.3 Å². The molecule has 0 saturated carbocycles. The summed E-state index contributed by atoms with van der Waals surface area (Å²) in [5.41, 5.74) is 3.45. The molecular weight excluding hydrogens is 339 g/mol. The second-order valence-electron chi connectivity index (χ2n) is 4.42. The number of nitrogens with two attached hydrogens (primary N) is 1. The van der Waals surface area contributed by atoms with Crippen molar-refractivity contribution >= 4 is 27.7 Å². The Morgan fingerprint density at radius 2 is 1.85 bits per heavy atom. The molecule has 0 amide bonds. The first-order valence-corrected chi connectivity index (χ1v) is 8.05. The fourth-order valence-electron chi connectivity index (χ4n) is 1.82. The van der Waals surface area contributed by atoms with Crippen LogP contribution in [0.3, 0.4) is 0 Å². The average molecular weight is 355 g/mol. The van der Waals surface area contributed by atoms with Gasteiger partial charge in [-0.1, -0.05) is 34.1 Å². The molecule has 2 nitrogen and oxygen atoms in total. The maximum absolute atomic E-state index is 13.6. The molecule has 0 fully saturated rings. The fraction of sp³-hybridized carbons (Fsp3) is 0.200. The first-order valence-electron chi connectivity index (χ1n) is 6.27. The van der Waals surface area contributed by atoms with Crippen molar-refractivity contribution in [3.63, 3.8) is 0 Å². The molecule has 1 unspecified atom stereocenters. The van der Waals surface area contributed by atoms with E-state index < -0.39 is 0 Å². The van der Waals surface area contributed by atoms with Crippen LogP contribution in [0.25, 0.3) is 0 Å². The van der Waals surface area contributed by atoms with Crippen molar-refractivity contribution < 1.29 is 4.39 Å². The van der Waals surface area contributed by atoms with E-state index in [0.29, 0.717) is 12.0 Å². The topological polar surface area (TPSA) is 38.0 Å². The van der Waals surface area contributed by atoms with Crippen molar-refractivity contribution in [1.29, 1.82) is 0 Å². The van der Waals surface area contributed by atoms with E-state index in [4.69, 9.17) is 5.84 Å². The summed E-state index contributed by atoms with van der Waals surface area (Å²) in [6.45, 7) is 0. The number of rotatable bonds is 6. The monoisotopic (exact) mass is 354 g/mol. The van der Waals surface area contributed by atoms with E-state index >= 15 is 0 Å². The smallest absolute Gasteiger partial charge is 0.126 e. The minimum atomic E-state index is -0.179. The van der Waals surface area contributed by atoms with E-state index in [1.165, 1.54) is 11.0 Å². The Labute approximate surface area is 131 Å². The summed E-state index contributed by atoms with van der Waals surface area (Å²) in [6, 6.07) is 14.9. The van der Waals surface area contributed by atoms with Crippen LogP contribution >= 0.6 is 27.7 Å². The molecule has 0 aliphatic carbocycles. The van der Waals surface area contributed by atoms with E-state index in [9.17, 15) is 4.39 Å². The second kappa shape index (κ2) is 7.78. The Bertz CT molecular complexity index is 548. The molecule has 20 heavy (non-hydrogen) atoms. The molecule has 0 heterocycles. The van der Waals surface area contributed by atoms with Crippen molar-refractivity contribution in [2.75, 3.05) is 5.75 Å². The van der Waals surface area contributed by atoms with Gasteiger partial charge in [0.05, 0.1) is 0 Å². The van der Waals surface area contributed by atoms with Crippen LogP contribution in [0, 0.1) is 5.82 Å². The van der Waals surface area contributed by atoms with E-state index in [-0.39, 0.29) is 11.9 Å². The predicted molar refractivity (Wildman–Crippen MR) is 86.1 cm³/mol. The molecule has 3 N–H and O–H groups in total. The molecule has 1 atom stereocenters. The molecule has 2 rings (SSSR count). The van der Waals surface area contributed by atoms with Crippen LogP contribution in [-0.2, 0) is 6.42 Å². The van der Waals surface area contributed by atoms with E-state index in [0.717, 1.165) is 10.2 Å². The van der Waals surface area contributed by atoms with Crippen molar-refractivity contribution in [2.45, 2.75) is 17.4 Å². The third-order valence-corrected chi connectivity index (χ3v) is 4.63. The lowest BCUT2D eigenvalue weighted by molar-refractivity contribution is 0.546. The highest BCUT2D eigenvalue weighted by Gasteiger charge is 2.11. The molecule has 5 heteroatoms. The molecule has 0 aliphatic rings. The van der Waals surface area contributed by atoms with Crippen LogP contribution in [-0.4, -0.2) is 11.8 Å². The highest BCUT2D eigenvalue weighted by atomic mass is 79.9. The van der Waals surface area contributed by atoms with Gasteiger partial charge in [0.1, 0.15) is 5.82 Å². The molecule has 0 aromatic heterocycles. The van der Waals surface area contributed by atoms with Crippen LogP contribution in [0.2, 0.25) is 0 Å². The molecule has 0 bridgehead atoms. The zero-order valence-corrected chi connectivity index (χ0v) is 13.3. The molecule has 0 saturated heterocycles. The molecule has 106 valence electrons. The summed E-state index contributed by atoms with van der Waals surface area (Å²) >= 11 is 5.11. The van der Waals surface area contributed by atoms with Crippen molar-refractivity contribution in [3.05, 3.63) is 64.4 Å². The van der Waals surface area contributed by atoms with Gasteiger partial charge in [-0.25, -0.2) is 4.39 Å². The third-order valence-electron chi connectivity index (χ3n) is 2.92. The lowest BCUT2D eigenvalue weighted by Crippen LogP contribution is -2.38. The quantitative estimate of drug-likeness (QED) is 0.471. The highest BCUT2D eigenvalue weighted by molar-refractivity contribution is 9.10. The van der Waals surface area contributed by atoms with Gasteiger partial charge < -0.3 is 0 Å². The Morgan fingerprint density at radius 1 is 1.15 bits per heavy atom. The number of halogens is 2. The van der Waals surface area contributed by atoms with Crippen LogP contribution in [0.4, 0.5) is 4.39 Å². The normalized spacial score (nSPS) is 12.3. The highest BCUT2D eigenvalue weighted by Crippen LogP contribution is 2.22. The largest absolute Gasteiger partial charge is 0.271 e. The van der Waals surface area contributed by atoms with Gasteiger partial charge in [0, 0.05) is 21.2 Å². The molecule has 0 radical (unpaired) electrons. The Balaban J connectivity index is 1.92. The van der Waals surface area contributed by atoms with Crippen molar-refractivity contribution in [2.24, 2.45) is 5.84 Å². The molecular formula is C15H16BrFN2S. The molecule has 0 aliphatic heterocycles. The van der Waals surface area contributed by atoms with Crippen LogP contribution in [0.5, 0.6) is 0 Å². The lowest BCUT2D eigenvalue weighted by Gasteiger charge is -2.16. The van der Waals surface area contributed by atoms with Gasteiger partial charge in [0.15, 0.2) is 0 Å². The summed E-state index contributed by atoms with van der Waals surface area (Å²) in [7, 11) is 0. The average Bonchev–Trinajstić information content (AvgIpc) is 2.47. The summed E-state index contributed by atoms with van der Waals surface area (Å²) < 4.78 is 14.7. The van der Waals surface area contributed by atoms with Crippen LogP contribution in [0.15, 0.2) is 57.9 Å². The predicted octanol–water partition coefficient (Wildman–Crippen LogP) is 3.75. The minimum absolute atomic E-state index is 0.0283. The first-order chi connectivity index (χ1) is 9.69. The van der Waals surface area contributed by atoms with E-state index in [2.05, 4.69) is 21.4 Å². The molecule has 2 aromatic carbocycles. The number of benzene rings is 2. The minimum Gasteiger partial charge on any atom is -0.271 e. The van der Waals surface area contributed by atoms with Gasteiger partial charge in [-0.05, 0) is 42.3 Å². The van der Waals surface area contributed by atoms with Crippen LogP contribution < -0.4 is 11.3 Å². The van der Waals surface area contributed by atoms with Crippen molar-refractivity contribution in [1.82, 2.24) is 5.43 Å². The van der Waals surface area contributed by atoms with Gasteiger partial charge in [-0.2, -0.15) is 0 Å². The van der Waals surface area contributed by atoms with Gasteiger partial charge >= 0.3 is 0 Å². The number of hydrogen-bond donors (Lipinski definition) is 2. The Kier molecular flexibility index (Phi) is 6.04. The van der Waals surface area contributed by atoms with E-state index in [1.807, 2.05) is 30.3 Å². The van der Waals surface area contributed by atoms with Crippen LogP contribution in [0.1, 0.15) is 5.56 Å². The number of hydrazine groups is 1. The zero-order valence-electron chi connectivity index (χ0n) is 10.9. The Hall–Kier alpha value is -0.880. The summed E-state index contributed by atoms with van der Waals surface area (Å²) in [6.07, 6.45) is 0.576. The van der Waals surface area contributed by atoms with E-state index in [1.54, 1.807) is 23.9 Å². The number of thioether (sulfide) groups is 1. The molecule has 0 spiro atoms. The number of hydrogen-bond acceptors (Lipinski definition) is 3. The lowest BCUT2D eigenvalue weighted by atomic mass is 10.1. The van der Waals surface area contributed by atoms with Crippen molar-refractivity contribution in [3.8, 4) is 0 Å². The maximum atomic E-state index is 13.6. The summed E-state index contributed by atoms with van der Waals surface area (Å²) in [5, 5.41) is 0.